The van der Waals surface area contributed by atoms with Crippen LogP contribution in [0, 0.1) is 0 Å². The van der Waals surface area contributed by atoms with E-state index in [2.05, 4.69) is 33.2 Å². The van der Waals surface area contributed by atoms with Crippen LogP contribution in [0.25, 0.3) is 0 Å². The molecule has 2 rings (SSSR count). The molecular formula is C10H8AuNO2. The van der Waals surface area contributed by atoms with Gasteiger partial charge in [-0.1, -0.05) is 0 Å². The van der Waals surface area contributed by atoms with Gasteiger partial charge in [0.05, 0.1) is 0 Å². The van der Waals surface area contributed by atoms with Crippen molar-refractivity contribution in [3.05, 3.63) is 42.5 Å². The predicted molar refractivity (Wildman–Crippen MR) is 48.4 cm³/mol. The molecule has 0 saturated heterocycles. The van der Waals surface area contributed by atoms with Gasteiger partial charge in [0, 0.05) is 12.2 Å². The van der Waals surface area contributed by atoms with Crippen molar-refractivity contribution in [2.45, 2.75) is 0 Å². The summed E-state index contributed by atoms with van der Waals surface area (Å²) in [7, 11) is 0. The number of carbonyl (C=O) groups is 2. The van der Waals surface area contributed by atoms with E-state index in [1.54, 1.807) is 0 Å². The fourth-order valence-electron chi connectivity index (χ4n) is 0.756. The maximum atomic E-state index is 10.0. The minimum absolute atomic E-state index is 0.329. The summed E-state index contributed by atoms with van der Waals surface area (Å²) in [5.74, 6) is -0.657. The first-order valence-corrected chi connectivity index (χ1v) is 4.96. The van der Waals surface area contributed by atoms with Crippen LogP contribution >= 0.6 is 0 Å². The molecule has 0 radical (unpaired) electrons. The molecule has 0 spiro atoms. The van der Waals surface area contributed by atoms with E-state index in [0.717, 1.165) is 0 Å². The molecule has 0 atom stereocenters. The van der Waals surface area contributed by atoms with E-state index in [1.165, 1.54) is 15.9 Å². The molecule has 0 saturated carbocycles. The number of carbonyl (C=O) groups excluding carboxylic acids is 2. The van der Waals surface area contributed by atoms with E-state index >= 15 is 0 Å². The molecule has 14 heavy (non-hydrogen) atoms. The number of benzene rings is 1. The minimum atomic E-state index is -0.329. The van der Waals surface area contributed by atoms with Gasteiger partial charge in [-0.05, 0) is 0 Å². The van der Waals surface area contributed by atoms with Crippen LogP contribution in [0.15, 0.2) is 42.5 Å². The van der Waals surface area contributed by atoms with Crippen LogP contribution in [0.5, 0.6) is 0 Å². The zero-order valence-corrected chi connectivity index (χ0v) is 9.33. The molecule has 0 bridgehead atoms. The van der Waals surface area contributed by atoms with Gasteiger partial charge in [0.25, 0.3) is 11.8 Å². The summed E-state index contributed by atoms with van der Waals surface area (Å²) in [4.78, 5) is 20.1. The quantitative estimate of drug-likeness (QED) is 0.518. The summed E-state index contributed by atoms with van der Waals surface area (Å²) in [5, 5.41) is 2.03. The second kappa shape index (κ2) is 5.55. The van der Waals surface area contributed by atoms with Gasteiger partial charge in [-0.25, -0.2) is 0 Å². The third kappa shape index (κ3) is 4.18. The SMILES string of the molecule is O=C1C=CC(=O)N1.[Au][c]1ccccc1. The van der Waals surface area contributed by atoms with Crippen molar-refractivity contribution in [2.75, 3.05) is 0 Å². The Labute approximate surface area is 94.1 Å². The summed E-state index contributed by atoms with van der Waals surface area (Å²) in [6, 6.07) is 10.2. The average molecular weight is 371 g/mol. The summed E-state index contributed by atoms with van der Waals surface area (Å²) >= 11 is 2.45. The first-order valence-electron chi connectivity index (χ1n) is 3.88. The number of hydrogen-bond acceptors (Lipinski definition) is 2. The molecule has 1 aromatic rings. The van der Waals surface area contributed by atoms with Gasteiger partial charge in [0.15, 0.2) is 0 Å². The van der Waals surface area contributed by atoms with Crippen LogP contribution in [0.1, 0.15) is 0 Å². The Morgan fingerprint density at radius 1 is 0.929 bits per heavy atom. The molecule has 1 N–H and O–H groups in total. The Balaban J connectivity index is 0.000000140. The van der Waals surface area contributed by atoms with Crippen molar-refractivity contribution in [3.8, 4) is 0 Å². The summed E-state index contributed by atoms with van der Waals surface area (Å²) < 4.78 is 1.27. The monoisotopic (exact) mass is 371 g/mol. The van der Waals surface area contributed by atoms with Crippen molar-refractivity contribution >= 4 is 15.6 Å². The third-order valence-corrected chi connectivity index (χ3v) is 2.06. The van der Waals surface area contributed by atoms with Gasteiger partial charge in [-0.15, -0.1) is 0 Å². The molecule has 0 aliphatic carbocycles. The van der Waals surface area contributed by atoms with Gasteiger partial charge in [0.2, 0.25) is 0 Å². The molecule has 76 valence electrons. The summed E-state index contributed by atoms with van der Waals surface area (Å²) in [6.07, 6.45) is 2.39. The maximum absolute atomic E-state index is 10.0. The van der Waals surface area contributed by atoms with Gasteiger partial charge >= 0.3 is 55.2 Å². The van der Waals surface area contributed by atoms with Gasteiger partial charge in [-0.3, -0.25) is 14.9 Å². The van der Waals surface area contributed by atoms with Gasteiger partial charge in [0.1, 0.15) is 0 Å². The fraction of sp³-hybridized carbons (Fsp3) is 0. The molecule has 0 unspecified atom stereocenters. The number of nitrogens with one attached hydrogen (secondary N) is 1. The Hall–Kier alpha value is -1.16. The Kier molecular flexibility index (Phi) is 4.32. The van der Waals surface area contributed by atoms with Crippen molar-refractivity contribution in [3.63, 3.8) is 0 Å². The Bertz CT molecular complexity index is 344. The zero-order chi connectivity index (χ0) is 10.4. The first-order chi connectivity index (χ1) is 6.68. The van der Waals surface area contributed by atoms with Crippen LogP contribution in [0.3, 0.4) is 0 Å². The molecule has 2 amide bonds. The number of hydrogen-bond donors (Lipinski definition) is 1. The molecule has 1 aliphatic heterocycles. The summed E-state index contributed by atoms with van der Waals surface area (Å²) in [5.41, 5.74) is 0. The van der Waals surface area contributed by atoms with E-state index in [-0.39, 0.29) is 11.8 Å². The van der Waals surface area contributed by atoms with Crippen LogP contribution < -0.4 is 9.10 Å². The molecule has 0 fully saturated rings. The topological polar surface area (TPSA) is 46.2 Å². The van der Waals surface area contributed by atoms with E-state index < -0.39 is 0 Å². The van der Waals surface area contributed by atoms with Crippen molar-refractivity contribution in [1.29, 1.82) is 0 Å². The Morgan fingerprint density at radius 2 is 1.43 bits per heavy atom. The van der Waals surface area contributed by atoms with Gasteiger partial charge < -0.3 is 0 Å². The molecular weight excluding hydrogens is 363 g/mol. The molecule has 1 heterocycles. The second-order valence-corrected chi connectivity index (χ2v) is 3.69. The third-order valence-electron chi connectivity index (χ3n) is 1.34. The number of rotatable bonds is 0. The fourth-order valence-corrected chi connectivity index (χ4v) is 1.17. The van der Waals surface area contributed by atoms with Crippen LogP contribution in [0.2, 0.25) is 0 Å². The van der Waals surface area contributed by atoms with Crippen LogP contribution in [-0.2, 0) is 30.7 Å². The van der Waals surface area contributed by atoms with E-state index in [9.17, 15) is 9.59 Å². The Morgan fingerprint density at radius 3 is 1.64 bits per heavy atom. The average Bonchev–Trinajstić information content (AvgIpc) is 2.52. The molecule has 4 heteroatoms. The first kappa shape index (κ1) is 10.9. The second-order valence-electron chi connectivity index (χ2n) is 2.44. The van der Waals surface area contributed by atoms with Crippen LogP contribution in [-0.4, -0.2) is 11.8 Å². The molecule has 3 nitrogen and oxygen atoms in total. The van der Waals surface area contributed by atoms with E-state index in [4.69, 9.17) is 0 Å². The molecule has 1 aromatic carbocycles. The van der Waals surface area contributed by atoms with Crippen molar-refractivity contribution in [2.24, 2.45) is 0 Å². The van der Waals surface area contributed by atoms with E-state index in [1.807, 2.05) is 23.5 Å². The van der Waals surface area contributed by atoms with Crippen molar-refractivity contribution in [1.82, 2.24) is 5.32 Å². The predicted octanol–water partition coefficient (Wildman–Crippen LogP) is 0.0577. The number of imide groups is 1. The van der Waals surface area contributed by atoms with E-state index in [0.29, 0.717) is 0 Å². The van der Waals surface area contributed by atoms with Crippen molar-refractivity contribution < 1.29 is 30.7 Å². The van der Waals surface area contributed by atoms with Gasteiger partial charge in [-0.2, -0.15) is 0 Å². The molecule has 1 aliphatic rings. The normalized spacial score (nSPS) is 13.3. The number of amides is 2. The zero-order valence-electron chi connectivity index (χ0n) is 7.16. The van der Waals surface area contributed by atoms with Crippen LogP contribution in [0.4, 0.5) is 0 Å². The molecule has 0 aromatic heterocycles. The summed E-state index contributed by atoms with van der Waals surface area (Å²) in [6.45, 7) is 0. The standard InChI is InChI=1S/C6H5.C4H3NO2.Au/c1-2-4-6-5-3-1;6-3-1-2-4(7)5-3;/h1-5H;1-2H,(H,5,6,7);.